The van der Waals surface area contributed by atoms with E-state index in [2.05, 4.69) is 10.6 Å². The number of carbonyl (C=O) groups excluding carboxylic acids is 3. The molecule has 3 rings (SSSR count). The number of carbonyl (C=O) groups is 3. The smallest absolute Gasteiger partial charge is 0.262 e. The number of nitrogens with zero attached hydrogens (tertiary/aromatic N) is 1. The summed E-state index contributed by atoms with van der Waals surface area (Å²) in [7, 11) is 0. The van der Waals surface area contributed by atoms with Crippen LogP contribution >= 0.6 is 11.6 Å². The molecule has 122 valence electrons. The van der Waals surface area contributed by atoms with Crippen LogP contribution in [0, 0.1) is 0 Å². The number of nitrogen functional groups attached to an aromatic ring is 1. The summed E-state index contributed by atoms with van der Waals surface area (Å²) in [4.78, 5) is 47.1. The second kappa shape index (κ2) is 5.50. The van der Waals surface area contributed by atoms with Gasteiger partial charge in [-0.1, -0.05) is 11.6 Å². The highest BCUT2D eigenvalue weighted by atomic mass is 35.5. The third-order valence-electron chi connectivity index (χ3n) is 3.46. The van der Waals surface area contributed by atoms with Crippen LogP contribution in [0.2, 0.25) is 5.02 Å². The molecule has 0 bridgehead atoms. The fraction of sp³-hybridized carbons (Fsp3) is 0.0667. The van der Waals surface area contributed by atoms with Crippen molar-refractivity contribution < 1.29 is 14.4 Å². The number of anilines is 2. The average Bonchev–Trinajstić information content (AvgIpc) is 2.76. The zero-order chi connectivity index (χ0) is 17.6. The normalized spacial score (nSPS) is 12.8. The molecule has 0 spiro atoms. The van der Waals surface area contributed by atoms with Crippen molar-refractivity contribution in [3.05, 3.63) is 50.8 Å². The first kappa shape index (κ1) is 15.8. The Balaban J connectivity index is 2.27. The molecule has 1 aliphatic heterocycles. The minimum absolute atomic E-state index is 0.0760. The Morgan fingerprint density at radius 2 is 1.92 bits per heavy atom. The number of fused-ring (bicyclic) bond motifs is 1. The Morgan fingerprint density at radius 1 is 1.21 bits per heavy atom. The van der Waals surface area contributed by atoms with E-state index < -0.39 is 17.4 Å². The van der Waals surface area contributed by atoms with Gasteiger partial charge in [-0.2, -0.15) is 0 Å². The summed E-state index contributed by atoms with van der Waals surface area (Å²) >= 11 is 6.13. The van der Waals surface area contributed by atoms with Crippen LogP contribution in [0.5, 0.6) is 0 Å². The van der Waals surface area contributed by atoms with Crippen LogP contribution in [0.25, 0.3) is 5.69 Å². The second-order valence-corrected chi connectivity index (χ2v) is 5.53. The molecule has 8 nitrogen and oxygen atoms in total. The molecule has 0 saturated heterocycles. The van der Waals surface area contributed by atoms with Gasteiger partial charge in [0.25, 0.3) is 17.4 Å². The van der Waals surface area contributed by atoms with E-state index in [1.165, 1.54) is 19.1 Å². The molecule has 0 radical (unpaired) electrons. The van der Waals surface area contributed by atoms with Crippen LogP contribution in [0.15, 0.2) is 29.1 Å². The summed E-state index contributed by atoms with van der Waals surface area (Å²) < 4.78 is 1.02. The van der Waals surface area contributed by atoms with E-state index in [4.69, 9.17) is 17.3 Å². The van der Waals surface area contributed by atoms with Crippen LogP contribution in [-0.4, -0.2) is 22.3 Å². The molecule has 1 aromatic carbocycles. The zero-order valence-electron chi connectivity index (χ0n) is 12.3. The lowest BCUT2D eigenvalue weighted by Gasteiger charge is -2.14. The van der Waals surface area contributed by atoms with Crippen LogP contribution in [0.3, 0.4) is 0 Å². The average molecular weight is 347 g/mol. The Bertz CT molecular complexity index is 980. The summed E-state index contributed by atoms with van der Waals surface area (Å²) in [6, 6.07) is 5.50. The van der Waals surface area contributed by atoms with E-state index in [0.717, 1.165) is 10.6 Å². The van der Waals surface area contributed by atoms with E-state index in [1.54, 1.807) is 6.07 Å². The van der Waals surface area contributed by atoms with Gasteiger partial charge in [0.15, 0.2) is 0 Å². The maximum atomic E-state index is 12.4. The third kappa shape index (κ3) is 2.42. The summed E-state index contributed by atoms with van der Waals surface area (Å²) in [6.45, 7) is 1.33. The molecular weight excluding hydrogens is 336 g/mol. The SMILES string of the molecule is CC(=O)Nc1ccc(Cl)c(-n2c(N)c3c(cc2=O)C(=O)NC3=O)c1. The molecule has 0 fully saturated rings. The summed E-state index contributed by atoms with van der Waals surface area (Å²) in [6.07, 6.45) is 0. The molecule has 3 amide bonds. The predicted molar refractivity (Wildman–Crippen MR) is 87.6 cm³/mol. The Kier molecular flexibility index (Phi) is 3.61. The van der Waals surface area contributed by atoms with Gasteiger partial charge in [-0.3, -0.25) is 29.1 Å². The molecule has 24 heavy (non-hydrogen) atoms. The number of halogens is 1. The van der Waals surface area contributed by atoms with Gasteiger partial charge in [-0.15, -0.1) is 0 Å². The van der Waals surface area contributed by atoms with Crippen LogP contribution in [0.4, 0.5) is 11.5 Å². The molecule has 0 saturated carbocycles. The second-order valence-electron chi connectivity index (χ2n) is 5.12. The minimum Gasteiger partial charge on any atom is -0.384 e. The van der Waals surface area contributed by atoms with Crippen LogP contribution in [0.1, 0.15) is 27.6 Å². The van der Waals surface area contributed by atoms with E-state index >= 15 is 0 Å². The van der Waals surface area contributed by atoms with E-state index in [9.17, 15) is 19.2 Å². The number of nitrogens with one attached hydrogen (secondary N) is 2. The fourth-order valence-corrected chi connectivity index (χ4v) is 2.69. The quantitative estimate of drug-likeness (QED) is 0.697. The topological polar surface area (TPSA) is 123 Å². The van der Waals surface area contributed by atoms with Crippen molar-refractivity contribution >= 4 is 40.8 Å². The maximum Gasteiger partial charge on any atom is 0.262 e. The van der Waals surface area contributed by atoms with Crippen molar-refractivity contribution in [2.45, 2.75) is 6.92 Å². The zero-order valence-corrected chi connectivity index (χ0v) is 13.1. The number of benzene rings is 1. The summed E-state index contributed by atoms with van der Waals surface area (Å²) in [5, 5.41) is 4.83. The lowest BCUT2D eigenvalue weighted by molar-refractivity contribution is -0.114. The summed E-state index contributed by atoms with van der Waals surface area (Å²) in [5.74, 6) is -1.87. The van der Waals surface area contributed by atoms with Gasteiger partial charge in [0.1, 0.15) is 5.82 Å². The molecular formula is C15H11ClN4O4. The van der Waals surface area contributed by atoms with Gasteiger partial charge >= 0.3 is 0 Å². The number of amides is 3. The standard InChI is InChI=1S/C15H11ClN4O4/c1-6(21)18-7-2-3-9(16)10(4-7)20-11(22)5-8-12(13(20)17)15(24)19-14(8)23/h2-5H,17H2,1H3,(H,18,21)(H,19,23,24). The van der Waals surface area contributed by atoms with Crippen molar-refractivity contribution in [1.82, 2.24) is 9.88 Å². The molecule has 1 aromatic heterocycles. The highest BCUT2D eigenvalue weighted by Gasteiger charge is 2.32. The van der Waals surface area contributed by atoms with E-state index in [0.29, 0.717) is 5.69 Å². The first-order valence-corrected chi connectivity index (χ1v) is 7.16. The minimum atomic E-state index is -0.685. The Labute approximate surface area is 140 Å². The highest BCUT2D eigenvalue weighted by Crippen LogP contribution is 2.28. The summed E-state index contributed by atoms with van der Waals surface area (Å²) in [5.41, 5.74) is 5.74. The lowest BCUT2D eigenvalue weighted by Crippen LogP contribution is -2.24. The number of hydrogen-bond acceptors (Lipinski definition) is 5. The first-order valence-electron chi connectivity index (χ1n) is 6.78. The number of aromatic nitrogens is 1. The number of rotatable bonds is 2. The molecule has 0 atom stereocenters. The van der Waals surface area contributed by atoms with Crippen LogP contribution in [-0.2, 0) is 4.79 Å². The Morgan fingerprint density at radius 3 is 2.58 bits per heavy atom. The number of nitrogens with two attached hydrogens (primary N) is 1. The van der Waals surface area contributed by atoms with Gasteiger partial charge < -0.3 is 11.1 Å². The van der Waals surface area contributed by atoms with Gasteiger partial charge in [-0.05, 0) is 18.2 Å². The van der Waals surface area contributed by atoms with Crippen molar-refractivity contribution in [3.8, 4) is 5.69 Å². The lowest BCUT2D eigenvalue weighted by atomic mass is 10.1. The molecule has 0 aliphatic carbocycles. The highest BCUT2D eigenvalue weighted by molar-refractivity contribution is 6.32. The van der Waals surface area contributed by atoms with Gasteiger partial charge in [0.2, 0.25) is 5.91 Å². The largest absolute Gasteiger partial charge is 0.384 e. The monoisotopic (exact) mass is 346 g/mol. The Hall–Kier alpha value is -3.13. The van der Waals surface area contributed by atoms with Crippen LogP contribution < -0.4 is 21.9 Å². The predicted octanol–water partition coefficient (Wildman–Crippen LogP) is 0.915. The molecule has 2 aromatic rings. The van der Waals surface area contributed by atoms with Gasteiger partial charge in [-0.25, -0.2) is 0 Å². The number of imide groups is 1. The maximum absolute atomic E-state index is 12.4. The number of pyridine rings is 1. The van der Waals surface area contributed by atoms with Crippen molar-refractivity contribution in [2.75, 3.05) is 11.1 Å². The molecule has 2 heterocycles. The number of hydrogen-bond donors (Lipinski definition) is 3. The fourth-order valence-electron chi connectivity index (χ4n) is 2.49. The molecule has 9 heteroatoms. The molecule has 4 N–H and O–H groups in total. The molecule has 0 unspecified atom stereocenters. The van der Waals surface area contributed by atoms with Gasteiger partial charge in [0, 0.05) is 18.7 Å². The molecule has 1 aliphatic rings. The van der Waals surface area contributed by atoms with E-state index in [1.807, 2.05) is 0 Å². The van der Waals surface area contributed by atoms with Crippen molar-refractivity contribution in [1.29, 1.82) is 0 Å². The van der Waals surface area contributed by atoms with Crippen molar-refractivity contribution in [3.63, 3.8) is 0 Å². The van der Waals surface area contributed by atoms with E-state index in [-0.39, 0.29) is 33.6 Å². The third-order valence-corrected chi connectivity index (χ3v) is 3.78. The van der Waals surface area contributed by atoms with Gasteiger partial charge in [0.05, 0.1) is 21.8 Å². The van der Waals surface area contributed by atoms with Crippen molar-refractivity contribution in [2.24, 2.45) is 0 Å². The first-order chi connectivity index (χ1) is 11.3.